The van der Waals surface area contributed by atoms with Gasteiger partial charge in [0.1, 0.15) is 0 Å². The van der Waals surface area contributed by atoms with Crippen LogP contribution in [0, 0.1) is 0 Å². The van der Waals surface area contributed by atoms with Crippen molar-refractivity contribution in [2.45, 2.75) is 46.1 Å². The zero-order chi connectivity index (χ0) is 10.5. The maximum atomic E-state index is 10.2. The van der Waals surface area contributed by atoms with Gasteiger partial charge in [-0.1, -0.05) is 0 Å². The minimum atomic E-state index is -0.787. The molecule has 13 heavy (non-hydrogen) atoms. The molecule has 0 aliphatic rings. The fourth-order valence-corrected chi connectivity index (χ4v) is 0.607. The van der Waals surface area contributed by atoms with Crippen LogP contribution in [0.4, 0.5) is 0 Å². The number of hydrazone groups is 1. The molecular weight excluding hydrogens is 168 g/mol. The first kappa shape index (κ1) is 11.9. The van der Waals surface area contributed by atoms with Gasteiger partial charge >= 0.3 is 5.97 Å². The van der Waals surface area contributed by atoms with E-state index in [1.807, 2.05) is 27.7 Å². The molecule has 76 valence electrons. The second-order valence-electron chi connectivity index (χ2n) is 4.10. The topological polar surface area (TPSA) is 61.7 Å². The highest BCUT2D eigenvalue weighted by atomic mass is 16.4. The molecule has 0 saturated carbocycles. The third-order valence-electron chi connectivity index (χ3n) is 1.28. The van der Waals surface area contributed by atoms with E-state index < -0.39 is 5.97 Å². The van der Waals surface area contributed by atoms with E-state index in [4.69, 9.17) is 5.11 Å². The molecule has 0 bridgehead atoms. The Balaban J connectivity index is 3.83. The summed E-state index contributed by atoms with van der Waals surface area (Å²) in [4.78, 5) is 10.2. The van der Waals surface area contributed by atoms with Crippen molar-refractivity contribution in [1.82, 2.24) is 5.43 Å². The molecular formula is C9H18N2O2. The molecule has 0 spiro atoms. The van der Waals surface area contributed by atoms with Crippen molar-refractivity contribution in [3.8, 4) is 0 Å². The molecule has 0 fully saturated rings. The van der Waals surface area contributed by atoms with Gasteiger partial charge in [-0.2, -0.15) is 5.10 Å². The summed E-state index contributed by atoms with van der Waals surface area (Å²) in [5.41, 5.74) is 3.69. The molecule has 0 aromatic rings. The molecule has 0 radical (unpaired) electrons. The summed E-state index contributed by atoms with van der Waals surface area (Å²) in [5, 5.41) is 12.5. The minimum absolute atomic E-state index is 0.0650. The first-order valence-electron chi connectivity index (χ1n) is 4.33. The van der Waals surface area contributed by atoms with Crippen LogP contribution in [0.1, 0.15) is 40.5 Å². The van der Waals surface area contributed by atoms with Gasteiger partial charge in [0.15, 0.2) is 0 Å². The summed E-state index contributed by atoms with van der Waals surface area (Å²) >= 11 is 0. The first-order valence-corrected chi connectivity index (χ1v) is 4.33. The standard InChI is InChI=1S/C9H18N2O2/c1-7(5-6-8(12)13)10-11-9(2,3)4/h11H,5-6H2,1-4H3,(H,12,13). The highest BCUT2D eigenvalue weighted by Gasteiger charge is 2.07. The van der Waals surface area contributed by atoms with Gasteiger partial charge in [-0.25, -0.2) is 0 Å². The number of aliphatic carboxylic acids is 1. The van der Waals surface area contributed by atoms with Crippen molar-refractivity contribution in [2.24, 2.45) is 5.10 Å². The highest BCUT2D eigenvalue weighted by molar-refractivity contribution is 5.84. The third kappa shape index (κ3) is 8.85. The molecule has 0 atom stereocenters. The number of carboxylic acid groups (broad SMARTS) is 1. The number of nitrogens with zero attached hydrogens (tertiary/aromatic N) is 1. The summed E-state index contributed by atoms with van der Waals surface area (Å²) in [6.07, 6.45) is 0.638. The average Bonchev–Trinajstić information content (AvgIpc) is 1.95. The van der Waals surface area contributed by atoms with E-state index in [1.165, 1.54) is 0 Å². The Hall–Kier alpha value is -1.06. The van der Waals surface area contributed by atoms with Gasteiger partial charge in [0.2, 0.25) is 0 Å². The molecule has 0 amide bonds. The van der Waals surface area contributed by atoms with Gasteiger partial charge in [-0.15, -0.1) is 0 Å². The number of carboxylic acids is 1. The van der Waals surface area contributed by atoms with Crippen molar-refractivity contribution < 1.29 is 9.90 Å². The van der Waals surface area contributed by atoms with Crippen molar-refractivity contribution in [2.75, 3.05) is 0 Å². The van der Waals surface area contributed by atoms with Crippen LogP contribution >= 0.6 is 0 Å². The highest BCUT2D eigenvalue weighted by Crippen LogP contribution is 1.99. The Morgan fingerprint density at radius 2 is 1.92 bits per heavy atom. The quantitative estimate of drug-likeness (QED) is 0.518. The second-order valence-corrected chi connectivity index (χ2v) is 4.10. The van der Waals surface area contributed by atoms with Crippen molar-refractivity contribution in [1.29, 1.82) is 0 Å². The van der Waals surface area contributed by atoms with Gasteiger partial charge in [0.05, 0.1) is 6.42 Å². The van der Waals surface area contributed by atoms with Crippen molar-refractivity contribution >= 4 is 11.7 Å². The smallest absolute Gasteiger partial charge is 0.303 e. The van der Waals surface area contributed by atoms with Crippen LogP contribution < -0.4 is 5.43 Å². The van der Waals surface area contributed by atoms with E-state index in [-0.39, 0.29) is 12.0 Å². The number of nitrogens with one attached hydrogen (secondary N) is 1. The summed E-state index contributed by atoms with van der Waals surface area (Å²) in [7, 11) is 0. The Morgan fingerprint density at radius 3 is 2.31 bits per heavy atom. The van der Waals surface area contributed by atoms with Crippen molar-refractivity contribution in [3.63, 3.8) is 0 Å². The lowest BCUT2D eigenvalue weighted by Gasteiger charge is -2.18. The first-order chi connectivity index (χ1) is 5.81. The maximum Gasteiger partial charge on any atom is 0.303 e. The van der Waals surface area contributed by atoms with E-state index in [1.54, 1.807) is 0 Å². The lowest BCUT2D eigenvalue weighted by Crippen LogP contribution is -2.32. The van der Waals surface area contributed by atoms with E-state index in [0.29, 0.717) is 6.42 Å². The average molecular weight is 186 g/mol. The Morgan fingerprint density at radius 1 is 1.38 bits per heavy atom. The molecule has 0 rings (SSSR count). The Labute approximate surface area is 79.0 Å². The van der Waals surface area contributed by atoms with E-state index >= 15 is 0 Å². The normalized spacial score (nSPS) is 12.8. The largest absolute Gasteiger partial charge is 0.481 e. The summed E-state index contributed by atoms with van der Waals surface area (Å²) in [6, 6.07) is 0. The lowest BCUT2D eigenvalue weighted by molar-refractivity contribution is -0.136. The summed E-state index contributed by atoms with van der Waals surface area (Å²) in [6.45, 7) is 7.82. The number of hydrogen-bond acceptors (Lipinski definition) is 3. The van der Waals surface area contributed by atoms with E-state index in [2.05, 4.69) is 10.5 Å². The molecule has 0 aromatic heterocycles. The molecule has 0 aromatic carbocycles. The Bertz CT molecular complexity index is 204. The monoisotopic (exact) mass is 186 g/mol. The number of carbonyl (C=O) groups is 1. The molecule has 0 saturated heterocycles. The Kier molecular flexibility index (Phi) is 4.45. The van der Waals surface area contributed by atoms with Crippen LogP contribution in [0.2, 0.25) is 0 Å². The molecule has 0 unspecified atom stereocenters. The summed E-state index contributed by atoms with van der Waals surface area (Å²) < 4.78 is 0. The van der Waals surface area contributed by atoms with Gasteiger partial charge in [0.25, 0.3) is 0 Å². The molecule has 0 aliphatic heterocycles. The predicted octanol–water partition coefficient (Wildman–Crippen LogP) is 1.62. The van der Waals surface area contributed by atoms with Gasteiger partial charge < -0.3 is 10.5 Å². The van der Waals surface area contributed by atoms with E-state index in [0.717, 1.165) is 5.71 Å². The maximum absolute atomic E-state index is 10.2. The van der Waals surface area contributed by atoms with Crippen LogP contribution in [0.5, 0.6) is 0 Å². The SMILES string of the molecule is CC(CCC(=O)O)=NNC(C)(C)C. The zero-order valence-corrected chi connectivity index (χ0v) is 8.72. The summed E-state index contributed by atoms with van der Waals surface area (Å²) in [5.74, 6) is -0.787. The van der Waals surface area contributed by atoms with Crippen LogP contribution in [0.15, 0.2) is 5.10 Å². The van der Waals surface area contributed by atoms with E-state index in [9.17, 15) is 4.79 Å². The fraction of sp³-hybridized carbons (Fsp3) is 0.778. The molecule has 4 nitrogen and oxygen atoms in total. The van der Waals surface area contributed by atoms with Gasteiger partial charge in [-0.3, -0.25) is 4.79 Å². The molecule has 0 heterocycles. The molecule has 4 heteroatoms. The number of rotatable bonds is 4. The van der Waals surface area contributed by atoms with Crippen LogP contribution in [0.25, 0.3) is 0 Å². The van der Waals surface area contributed by atoms with Crippen LogP contribution in [0.3, 0.4) is 0 Å². The molecule has 2 N–H and O–H groups in total. The second kappa shape index (κ2) is 4.84. The third-order valence-corrected chi connectivity index (χ3v) is 1.28. The van der Waals surface area contributed by atoms with Crippen molar-refractivity contribution in [3.05, 3.63) is 0 Å². The molecule has 0 aliphatic carbocycles. The minimum Gasteiger partial charge on any atom is -0.481 e. The van der Waals surface area contributed by atoms with Crippen LogP contribution in [-0.2, 0) is 4.79 Å². The predicted molar refractivity (Wildman–Crippen MR) is 52.9 cm³/mol. The van der Waals surface area contributed by atoms with Crippen LogP contribution in [-0.4, -0.2) is 22.3 Å². The van der Waals surface area contributed by atoms with Gasteiger partial charge in [-0.05, 0) is 34.1 Å². The fourth-order valence-electron chi connectivity index (χ4n) is 0.607. The zero-order valence-electron chi connectivity index (χ0n) is 8.72. The lowest BCUT2D eigenvalue weighted by atomic mass is 10.1. The number of hydrogen-bond donors (Lipinski definition) is 2. The van der Waals surface area contributed by atoms with Gasteiger partial charge in [0, 0.05) is 11.3 Å².